The summed E-state index contributed by atoms with van der Waals surface area (Å²) in [7, 11) is 1.24. The van der Waals surface area contributed by atoms with E-state index in [1.807, 2.05) is 0 Å². The maximum Gasteiger partial charge on any atom is 0.351 e. The molecule has 0 bridgehead atoms. The summed E-state index contributed by atoms with van der Waals surface area (Å²) >= 11 is 13.7. The molecule has 8 heteroatoms. The third-order valence-electron chi connectivity index (χ3n) is 3.82. The Morgan fingerprint density at radius 3 is 2.39 bits per heavy atom. The molecular formula is C20H15Cl2NO4S. The van der Waals surface area contributed by atoms with Crippen molar-refractivity contribution in [3.63, 3.8) is 0 Å². The Labute approximate surface area is 175 Å². The molecule has 0 amide bonds. The van der Waals surface area contributed by atoms with Crippen molar-refractivity contribution in [3.8, 4) is 10.6 Å². The highest BCUT2D eigenvalue weighted by Gasteiger charge is 2.26. The minimum absolute atomic E-state index is 0.0983. The quantitative estimate of drug-likeness (QED) is 0.502. The lowest BCUT2D eigenvalue weighted by Gasteiger charge is -2.15. The first kappa shape index (κ1) is 20.3. The number of hydrogen-bond donors (Lipinski definition) is 0. The summed E-state index contributed by atoms with van der Waals surface area (Å²) in [6.07, 6.45) is -1.23. The van der Waals surface area contributed by atoms with Crippen molar-refractivity contribution in [3.05, 3.63) is 75.2 Å². The van der Waals surface area contributed by atoms with Crippen molar-refractivity contribution < 1.29 is 19.1 Å². The van der Waals surface area contributed by atoms with Crippen LogP contribution in [0.3, 0.4) is 0 Å². The highest BCUT2D eigenvalue weighted by atomic mass is 35.5. The summed E-state index contributed by atoms with van der Waals surface area (Å²) in [5.74, 6) is -1.25. The zero-order valence-corrected chi connectivity index (χ0v) is 17.1. The molecule has 1 unspecified atom stereocenters. The van der Waals surface area contributed by atoms with E-state index >= 15 is 0 Å². The van der Waals surface area contributed by atoms with Crippen LogP contribution in [0.5, 0.6) is 0 Å². The Morgan fingerprint density at radius 2 is 1.75 bits per heavy atom. The molecule has 0 saturated carbocycles. The summed E-state index contributed by atoms with van der Waals surface area (Å²) in [6.45, 7) is 0. The van der Waals surface area contributed by atoms with Crippen LogP contribution in [-0.2, 0) is 25.5 Å². The topological polar surface area (TPSA) is 65.5 Å². The second-order valence-corrected chi connectivity index (χ2v) is 7.39. The van der Waals surface area contributed by atoms with Gasteiger partial charge in [0.25, 0.3) is 0 Å². The van der Waals surface area contributed by atoms with Crippen LogP contribution < -0.4 is 0 Å². The third-order valence-corrected chi connectivity index (χ3v) is 5.36. The summed E-state index contributed by atoms with van der Waals surface area (Å²) in [5, 5.41) is 3.29. The lowest BCUT2D eigenvalue weighted by Crippen LogP contribution is -2.22. The highest BCUT2D eigenvalue weighted by Crippen LogP contribution is 2.36. The van der Waals surface area contributed by atoms with Crippen molar-refractivity contribution >= 4 is 46.5 Å². The lowest BCUT2D eigenvalue weighted by atomic mass is 10.1. The molecular weight excluding hydrogens is 421 g/mol. The maximum atomic E-state index is 12.4. The van der Waals surface area contributed by atoms with Gasteiger partial charge in [-0.1, -0.05) is 59.6 Å². The number of hydrogen-bond acceptors (Lipinski definition) is 6. The van der Waals surface area contributed by atoms with Gasteiger partial charge in [-0.3, -0.25) is 4.79 Å². The molecule has 0 aliphatic rings. The van der Waals surface area contributed by atoms with E-state index in [4.69, 9.17) is 32.7 Å². The molecule has 28 heavy (non-hydrogen) atoms. The van der Waals surface area contributed by atoms with Crippen LogP contribution in [-0.4, -0.2) is 24.0 Å². The van der Waals surface area contributed by atoms with Gasteiger partial charge in [0.1, 0.15) is 5.01 Å². The first-order valence-electron chi connectivity index (χ1n) is 8.20. The minimum atomic E-state index is -1.13. The predicted molar refractivity (Wildman–Crippen MR) is 109 cm³/mol. The van der Waals surface area contributed by atoms with Crippen molar-refractivity contribution in [2.45, 2.75) is 12.5 Å². The molecule has 2 aromatic carbocycles. The molecule has 1 aromatic heterocycles. The van der Waals surface area contributed by atoms with Crippen LogP contribution in [0.1, 0.15) is 17.4 Å². The van der Waals surface area contributed by atoms with Gasteiger partial charge in [0, 0.05) is 16.5 Å². The molecule has 3 rings (SSSR count). The fourth-order valence-corrected chi connectivity index (χ4v) is 4.09. The summed E-state index contributed by atoms with van der Waals surface area (Å²) in [5.41, 5.74) is 1.65. The molecule has 0 aliphatic heterocycles. The Bertz CT molecular complexity index is 971. The number of ether oxygens (including phenoxy) is 2. The van der Waals surface area contributed by atoms with Crippen molar-refractivity contribution in [2.24, 2.45) is 0 Å². The smallest absolute Gasteiger partial charge is 0.351 e. The number of methoxy groups -OCH3 is 1. The second kappa shape index (κ2) is 9.19. The van der Waals surface area contributed by atoms with Gasteiger partial charge in [-0.15, -0.1) is 11.3 Å². The van der Waals surface area contributed by atoms with Crippen LogP contribution in [0.15, 0.2) is 53.9 Å². The van der Waals surface area contributed by atoms with Crippen LogP contribution in [0.25, 0.3) is 10.6 Å². The molecule has 0 spiro atoms. The molecule has 0 saturated heterocycles. The molecule has 0 N–H and O–H groups in total. The number of carbonyl (C=O) groups is 2. The fraction of sp³-hybridized carbons (Fsp3) is 0.150. The van der Waals surface area contributed by atoms with Gasteiger partial charge in [-0.25, -0.2) is 9.78 Å². The molecule has 1 heterocycles. The van der Waals surface area contributed by atoms with Gasteiger partial charge in [-0.2, -0.15) is 0 Å². The minimum Gasteiger partial charge on any atom is -0.466 e. The monoisotopic (exact) mass is 435 g/mol. The summed E-state index contributed by atoms with van der Waals surface area (Å²) in [6, 6.07) is 13.9. The largest absolute Gasteiger partial charge is 0.466 e. The van der Waals surface area contributed by atoms with Crippen molar-refractivity contribution in [1.29, 1.82) is 0 Å². The van der Waals surface area contributed by atoms with Crippen LogP contribution in [0, 0.1) is 0 Å². The Kier molecular flexibility index (Phi) is 6.67. The maximum absolute atomic E-state index is 12.4. The van der Waals surface area contributed by atoms with Crippen molar-refractivity contribution in [1.82, 2.24) is 4.98 Å². The number of rotatable bonds is 6. The zero-order chi connectivity index (χ0) is 20.1. The average Bonchev–Trinajstić information content (AvgIpc) is 3.14. The molecule has 1 atom stereocenters. The normalized spacial score (nSPS) is 11.7. The molecule has 0 radical (unpaired) electrons. The van der Waals surface area contributed by atoms with Crippen molar-refractivity contribution in [2.75, 3.05) is 7.11 Å². The van der Waals surface area contributed by atoms with E-state index in [-0.39, 0.29) is 6.42 Å². The number of aromatic nitrogens is 1. The fourth-order valence-electron chi connectivity index (χ4n) is 2.51. The van der Waals surface area contributed by atoms with Gasteiger partial charge in [0.15, 0.2) is 0 Å². The number of halogens is 2. The van der Waals surface area contributed by atoms with E-state index in [1.54, 1.807) is 53.9 Å². The molecule has 144 valence electrons. The Balaban J connectivity index is 1.74. The summed E-state index contributed by atoms with van der Waals surface area (Å²) < 4.78 is 10.1. The number of esters is 2. The van der Waals surface area contributed by atoms with E-state index in [9.17, 15) is 9.59 Å². The average molecular weight is 436 g/mol. The number of benzene rings is 2. The molecule has 0 fully saturated rings. The number of carbonyl (C=O) groups excluding carboxylic acids is 2. The molecule has 5 nitrogen and oxygen atoms in total. The van der Waals surface area contributed by atoms with Gasteiger partial charge >= 0.3 is 11.9 Å². The Hall–Kier alpha value is -2.41. The van der Waals surface area contributed by atoms with E-state index in [1.165, 1.54) is 18.4 Å². The van der Waals surface area contributed by atoms with Gasteiger partial charge < -0.3 is 9.47 Å². The predicted octanol–water partition coefficient (Wildman–Crippen LogP) is 5.12. The zero-order valence-electron chi connectivity index (χ0n) is 14.7. The van der Waals surface area contributed by atoms with Crippen LogP contribution in [0.4, 0.5) is 0 Å². The number of thiazole rings is 1. The highest BCUT2D eigenvalue weighted by molar-refractivity contribution is 7.13. The number of nitrogens with zero attached hydrogens (tertiary/aromatic N) is 1. The van der Waals surface area contributed by atoms with E-state index in [0.29, 0.717) is 31.9 Å². The van der Waals surface area contributed by atoms with Gasteiger partial charge in [-0.05, 0) is 12.1 Å². The first-order chi connectivity index (χ1) is 13.5. The molecule has 0 aliphatic carbocycles. The van der Waals surface area contributed by atoms with E-state index in [0.717, 1.165) is 0 Å². The molecule has 3 aromatic rings. The van der Waals surface area contributed by atoms with Crippen LogP contribution in [0.2, 0.25) is 10.0 Å². The van der Waals surface area contributed by atoms with E-state index in [2.05, 4.69) is 4.98 Å². The first-order valence-corrected chi connectivity index (χ1v) is 9.84. The Morgan fingerprint density at radius 1 is 1.07 bits per heavy atom. The third kappa shape index (κ3) is 4.70. The second-order valence-electron chi connectivity index (χ2n) is 5.72. The van der Waals surface area contributed by atoms with Crippen LogP contribution >= 0.6 is 34.5 Å². The van der Waals surface area contributed by atoms with Gasteiger partial charge in [0.05, 0.1) is 29.3 Å². The standard InChI is InChI=1S/C20H15Cl2NO4S/c1-26-20(25)18(12-6-3-2-4-7-12)27-16(24)10-13-11-28-19(23-13)17-14(21)8-5-9-15(17)22/h2-9,11,18H,10H2,1H3. The lowest BCUT2D eigenvalue weighted by molar-refractivity contribution is -0.166. The van der Waals surface area contributed by atoms with Gasteiger partial charge in [0.2, 0.25) is 6.10 Å². The summed E-state index contributed by atoms with van der Waals surface area (Å²) in [4.78, 5) is 28.8. The van der Waals surface area contributed by atoms with E-state index < -0.39 is 18.0 Å². The SMILES string of the molecule is COC(=O)C(OC(=O)Cc1csc(-c2c(Cl)cccc2Cl)n1)c1ccccc1.